The molecule has 8 heteroatoms. The summed E-state index contributed by atoms with van der Waals surface area (Å²) >= 11 is 6.18. The number of hydrogen-bond acceptors (Lipinski definition) is 7. The lowest BCUT2D eigenvalue weighted by Crippen LogP contribution is -2.22. The zero-order chi connectivity index (χ0) is 19.4. The van der Waals surface area contributed by atoms with Crippen molar-refractivity contribution < 1.29 is 24.2 Å². The molecule has 0 saturated carbocycles. The summed E-state index contributed by atoms with van der Waals surface area (Å²) in [4.78, 5) is 23.0. The third-order valence-corrected chi connectivity index (χ3v) is 4.87. The highest BCUT2D eigenvalue weighted by atomic mass is 32.2. The number of thiocarbonyl (C=S) groups is 1. The van der Waals surface area contributed by atoms with Crippen LogP contribution in [0.4, 0.5) is 0 Å². The molecular weight excluding hydrogens is 386 g/mol. The minimum atomic E-state index is -1.22. The number of amides is 1. The van der Waals surface area contributed by atoms with Gasteiger partial charge in [-0.05, 0) is 34.9 Å². The van der Waals surface area contributed by atoms with Crippen molar-refractivity contribution in [3.05, 3.63) is 64.1 Å². The SMILES string of the molecule is COc1cc(/C=C2/SC(=S)NC2=O)ccc1OCc1ccc(C(=O)[O-])cc1. The van der Waals surface area contributed by atoms with Crippen LogP contribution in [0.15, 0.2) is 47.4 Å². The van der Waals surface area contributed by atoms with Crippen LogP contribution in [0.25, 0.3) is 6.08 Å². The van der Waals surface area contributed by atoms with Gasteiger partial charge in [-0.1, -0.05) is 54.3 Å². The van der Waals surface area contributed by atoms with Crippen molar-refractivity contribution in [1.82, 2.24) is 5.32 Å². The predicted molar refractivity (Wildman–Crippen MR) is 104 cm³/mol. The number of aromatic carboxylic acids is 1. The maximum absolute atomic E-state index is 11.8. The van der Waals surface area contributed by atoms with E-state index in [9.17, 15) is 14.7 Å². The Kier molecular flexibility index (Phi) is 5.78. The summed E-state index contributed by atoms with van der Waals surface area (Å²) in [5.41, 5.74) is 1.70. The Balaban J connectivity index is 1.73. The van der Waals surface area contributed by atoms with Gasteiger partial charge in [0.05, 0.1) is 18.0 Å². The molecular formula is C19H14NO5S2-. The van der Waals surface area contributed by atoms with Crippen molar-refractivity contribution in [3.8, 4) is 11.5 Å². The number of carbonyl (C=O) groups excluding carboxylic acids is 2. The van der Waals surface area contributed by atoms with Gasteiger partial charge in [0.2, 0.25) is 0 Å². The number of thioether (sulfide) groups is 1. The van der Waals surface area contributed by atoms with Crippen LogP contribution in [-0.4, -0.2) is 23.3 Å². The monoisotopic (exact) mass is 400 g/mol. The first-order valence-electron chi connectivity index (χ1n) is 7.82. The van der Waals surface area contributed by atoms with Crippen LogP contribution in [0.3, 0.4) is 0 Å². The molecule has 1 saturated heterocycles. The molecule has 6 nitrogen and oxygen atoms in total. The van der Waals surface area contributed by atoms with E-state index in [0.29, 0.717) is 20.7 Å². The predicted octanol–water partition coefficient (Wildman–Crippen LogP) is 2.13. The second-order valence-corrected chi connectivity index (χ2v) is 7.25. The molecule has 0 aromatic heterocycles. The Morgan fingerprint density at radius 1 is 1.22 bits per heavy atom. The molecule has 0 bridgehead atoms. The quantitative estimate of drug-likeness (QED) is 0.587. The molecule has 0 unspecified atom stereocenters. The van der Waals surface area contributed by atoms with Gasteiger partial charge < -0.3 is 24.7 Å². The summed E-state index contributed by atoms with van der Waals surface area (Å²) in [7, 11) is 1.53. The smallest absolute Gasteiger partial charge is 0.263 e. The number of hydrogen-bond donors (Lipinski definition) is 1. The summed E-state index contributed by atoms with van der Waals surface area (Å²) in [5, 5.41) is 13.3. The fourth-order valence-corrected chi connectivity index (χ4v) is 3.41. The molecule has 2 aromatic rings. The van der Waals surface area contributed by atoms with E-state index in [1.165, 1.54) is 31.0 Å². The number of methoxy groups -OCH3 is 1. The molecule has 1 amide bonds. The second-order valence-electron chi connectivity index (χ2n) is 5.54. The van der Waals surface area contributed by atoms with Crippen molar-refractivity contribution in [2.45, 2.75) is 6.61 Å². The standard InChI is InChI=1S/C19H15NO5S2/c1-24-15-8-12(9-16-17(21)20-19(26)27-16)4-7-14(15)25-10-11-2-5-13(6-3-11)18(22)23/h2-9H,10H2,1H3,(H,22,23)(H,20,21,26)/p-1/b16-9+. The van der Waals surface area contributed by atoms with E-state index in [1.54, 1.807) is 36.4 Å². The number of carboxylic acids is 1. The highest BCUT2D eigenvalue weighted by molar-refractivity contribution is 8.26. The average molecular weight is 400 g/mol. The van der Waals surface area contributed by atoms with Gasteiger partial charge in [0, 0.05) is 0 Å². The molecule has 138 valence electrons. The molecule has 1 heterocycles. The number of nitrogens with one attached hydrogen (secondary N) is 1. The summed E-state index contributed by atoms with van der Waals surface area (Å²) in [6.45, 7) is 0.247. The Labute approximate surface area is 165 Å². The molecule has 3 rings (SSSR count). The van der Waals surface area contributed by atoms with Crippen LogP contribution in [0.1, 0.15) is 21.5 Å². The molecule has 1 aliphatic heterocycles. The fourth-order valence-electron chi connectivity index (χ4n) is 2.36. The van der Waals surface area contributed by atoms with Gasteiger partial charge in [-0.2, -0.15) is 0 Å². The van der Waals surface area contributed by atoms with Crippen LogP contribution in [0.2, 0.25) is 0 Å². The van der Waals surface area contributed by atoms with Crippen molar-refractivity contribution in [3.63, 3.8) is 0 Å². The van der Waals surface area contributed by atoms with Crippen molar-refractivity contribution >= 4 is 46.3 Å². The van der Waals surface area contributed by atoms with E-state index < -0.39 is 5.97 Å². The normalized spacial score (nSPS) is 14.9. The zero-order valence-corrected chi connectivity index (χ0v) is 15.8. The summed E-state index contributed by atoms with van der Waals surface area (Å²) in [6.07, 6.45) is 1.73. The Morgan fingerprint density at radius 3 is 2.56 bits per heavy atom. The van der Waals surface area contributed by atoms with E-state index in [1.807, 2.05) is 0 Å². The van der Waals surface area contributed by atoms with Crippen LogP contribution >= 0.6 is 24.0 Å². The number of ether oxygens (including phenoxy) is 2. The number of rotatable bonds is 6. The van der Waals surface area contributed by atoms with Crippen LogP contribution in [-0.2, 0) is 11.4 Å². The zero-order valence-electron chi connectivity index (χ0n) is 14.2. The average Bonchev–Trinajstić information content (AvgIpc) is 2.97. The van der Waals surface area contributed by atoms with E-state index in [-0.39, 0.29) is 18.1 Å². The minimum absolute atomic E-state index is 0.113. The Morgan fingerprint density at radius 2 is 1.96 bits per heavy atom. The lowest BCUT2D eigenvalue weighted by molar-refractivity contribution is -0.255. The first-order valence-corrected chi connectivity index (χ1v) is 9.04. The van der Waals surface area contributed by atoms with Crippen LogP contribution in [0.5, 0.6) is 11.5 Å². The second kappa shape index (κ2) is 8.24. The molecule has 0 radical (unpaired) electrons. The number of carboxylic acid groups (broad SMARTS) is 1. The summed E-state index contributed by atoms with van der Waals surface area (Å²) in [6, 6.07) is 11.6. The molecule has 0 spiro atoms. The third kappa shape index (κ3) is 4.66. The van der Waals surface area contributed by atoms with Gasteiger partial charge in [0.15, 0.2) is 11.5 Å². The van der Waals surface area contributed by atoms with Gasteiger partial charge in [0.1, 0.15) is 10.9 Å². The van der Waals surface area contributed by atoms with E-state index in [4.69, 9.17) is 21.7 Å². The molecule has 0 aliphatic carbocycles. The van der Waals surface area contributed by atoms with Crippen molar-refractivity contribution in [1.29, 1.82) is 0 Å². The first-order chi connectivity index (χ1) is 13.0. The largest absolute Gasteiger partial charge is 0.545 e. The fraction of sp³-hybridized carbons (Fsp3) is 0.105. The molecule has 1 fully saturated rings. The molecule has 2 aromatic carbocycles. The van der Waals surface area contributed by atoms with E-state index >= 15 is 0 Å². The molecule has 1 N–H and O–H groups in total. The lowest BCUT2D eigenvalue weighted by atomic mass is 10.1. The third-order valence-electron chi connectivity index (χ3n) is 3.71. The van der Waals surface area contributed by atoms with Crippen LogP contribution < -0.4 is 19.9 Å². The van der Waals surface area contributed by atoms with Crippen molar-refractivity contribution in [2.75, 3.05) is 7.11 Å². The minimum Gasteiger partial charge on any atom is -0.545 e. The summed E-state index contributed by atoms with van der Waals surface area (Å²) < 4.78 is 11.6. The highest BCUT2D eigenvalue weighted by Crippen LogP contribution is 2.32. The van der Waals surface area contributed by atoms with Gasteiger partial charge in [-0.25, -0.2) is 0 Å². The lowest BCUT2D eigenvalue weighted by Gasteiger charge is -2.12. The maximum Gasteiger partial charge on any atom is 0.263 e. The summed E-state index contributed by atoms with van der Waals surface area (Å²) in [5.74, 6) is -0.391. The van der Waals surface area contributed by atoms with Gasteiger partial charge >= 0.3 is 0 Å². The van der Waals surface area contributed by atoms with E-state index in [2.05, 4.69) is 5.32 Å². The van der Waals surface area contributed by atoms with Gasteiger partial charge in [0.25, 0.3) is 5.91 Å². The van der Waals surface area contributed by atoms with Crippen molar-refractivity contribution in [2.24, 2.45) is 0 Å². The topological polar surface area (TPSA) is 87.7 Å². The maximum atomic E-state index is 11.8. The highest BCUT2D eigenvalue weighted by Gasteiger charge is 2.22. The number of benzene rings is 2. The molecule has 0 atom stereocenters. The van der Waals surface area contributed by atoms with Crippen LogP contribution in [0, 0.1) is 0 Å². The molecule has 1 aliphatic rings. The van der Waals surface area contributed by atoms with Gasteiger partial charge in [-0.15, -0.1) is 0 Å². The Bertz CT molecular complexity index is 938. The van der Waals surface area contributed by atoms with Gasteiger partial charge in [-0.3, -0.25) is 4.79 Å². The Hall–Kier alpha value is -2.84. The first kappa shape index (κ1) is 18.9. The number of carbonyl (C=O) groups is 2. The molecule has 27 heavy (non-hydrogen) atoms. The van der Waals surface area contributed by atoms with E-state index in [0.717, 1.165) is 11.1 Å².